The molecule has 0 aliphatic heterocycles. The monoisotopic (exact) mass is 250 g/mol. The smallest absolute Gasteiger partial charge is 0.342 e. The van der Waals surface area contributed by atoms with Crippen LogP contribution in [0.5, 0.6) is 0 Å². The minimum atomic E-state index is -1.30. The zero-order valence-electron chi connectivity index (χ0n) is 9.76. The summed E-state index contributed by atoms with van der Waals surface area (Å²) in [6, 6.07) is 0.0625. The molecule has 6 heteroatoms. The third-order valence-corrected chi connectivity index (χ3v) is 3.73. The van der Waals surface area contributed by atoms with Crippen molar-refractivity contribution in [2.75, 3.05) is 0 Å². The number of aromatic amines is 1. The molecule has 0 bridgehead atoms. The van der Waals surface area contributed by atoms with Gasteiger partial charge in [-0.05, 0) is 37.5 Å². The first-order valence-electron chi connectivity index (χ1n) is 6.16. The number of nitrogens with one attached hydrogen (secondary N) is 1. The van der Waals surface area contributed by atoms with Crippen LogP contribution in [0, 0.1) is 11.8 Å². The predicted octanol–water partition coefficient (Wildman–Crippen LogP) is 0.596. The lowest BCUT2D eigenvalue weighted by Crippen LogP contribution is -2.36. The van der Waals surface area contributed by atoms with E-state index < -0.39 is 17.2 Å². The number of hydrogen-bond acceptors (Lipinski definition) is 3. The average Bonchev–Trinajstić information content (AvgIpc) is 3.13. The summed E-state index contributed by atoms with van der Waals surface area (Å²) in [5, 5.41) is 8.94. The highest BCUT2D eigenvalue weighted by Crippen LogP contribution is 2.51. The topological polar surface area (TPSA) is 92.2 Å². The summed E-state index contributed by atoms with van der Waals surface area (Å²) in [6.07, 6.45) is 5.53. The molecule has 1 heterocycles. The number of nitrogens with zero attached hydrogens (tertiary/aromatic N) is 1. The molecule has 2 aliphatic carbocycles. The maximum Gasteiger partial charge on any atom is 0.342 e. The van der Waals surface area contributed by atoms with E-state index in [-0.39, 0.29) is 11.6 Å². The van der Waals surface area contributed by atoms with Gasteiger partial charge in [-0.25, -0.2) is 9.59 Å². The van der Waals surface area contributed by atoms with Gasteiger partial charge in [0, 0.05) is 12.2 Å². The van der Waals surface area contributed by atoms with E-state index in [1.54, 1.807) is 0 Å². The largest absolute Gasteiger partial charge is 0.477 e. The van der Waals surface area contributed by atoms with Gasteiger partial charge in [-0.3, -0.25) is 14.3 Å². The molecule has 6 nitrogen and oxygen atoms in total. The van der Waals surface area contributed by atoms with E-state index in [4.69, 9.17) is 5.11 Å². The summed E-state index contributed by atoms with van der Waals surface area (Å²) in [5.74, 6) is -0.374. The number of carboxylic acids is 1. The highest BCUT2D eigenvalue weighted by Gasteiger charge is 2.43. The van der Waals surface area contributed by atoms with Gasteiger partial charge >= 0.3 is 11.7 Å². The highest BCUT2D eigenvalue weighted by molar-refractivity contribution is 5.86. The van der Waals surface area contributed by atoms with Crippen LogP contribution in [0.25, 0.3) is 0 Å². The number of carbonyl (C=O) groups is 1. The van der Waals surface area contributed by atoms with Crippen molar-refractivity contribution < 1.29 is 9.90 Å². The lowest BCUT2D eigenvalue weighted by Gasteiger charge is -2.18. The van der Waals surface area contributed by atoms with Gasteiger partial charge in [-0.15, -0.1) is 0 Å². The van der Waals surface area contributed by atoms with E-state index >= 15 is 0 Å². The number of aromatic nitrogens is 2. The minimum Gasteiger partial charge on any atom is -0.477 e. The second-order valence-electron chi connectivity index (χ2n) is 5.18. The molecule has 0 spiro atoms. The maximum absolute atomic E-state index is 11.8. The summed E-state index contributed by atoms with van der Waals surface area (Å²) < 4.78 is 1.43. The lowest BCUT2D eigenvalue weighted by atomic mass is 10.1. The van der Waals surface area contributed by atoms with Gasteiger partial charge in [0.1, 0.15) is 5.56 Å². The first-order chi connectivity index (χ1) is 8.58. The van der Waals surface area contributed by atoms with Crippen molar-refractivity contribution >= 4 is 5.97 Å². The van der Waals surface area contributed by atoms with Crippen LogP contribution in [-0.4, -0.2) is 20.6 Å². The van der Waals surface area contributed by atoms with Crippen LogP contribution in [0.1, 0.15) is 42.1 Å². The van der Waals surface area contributed by atoms with E-state index in [1.165, 1.54) is 10.8 Å². The Bertz CT molecular complexity index is 595. The molecule has 0 radical (unpaired) electrons. The number of aromatic carboxylic acids is 1. The Hall–Kier alpha value is -1.85. The zero-order valence-corrected chi connectivity index (χ0v) is 9.76. The number of rotatable bonds is 4. The fraction of sp³-hybridized carbons (Fsp3) is 0.583. The quantitative estimate of drug-likeness (QED) is 0.818. The Morgan fingerprint density at radius 1 is 1.28 bits per heavy atom. The average molecular weight is 250 g/mol. The van der Waals surface area contributed by atoms with Crippen LogP contribution in [-0.2, 0) is 0 Å². The Kier molecular flexibility index (Phi) is 2.39. The third kappa shape index (κ3) is 1.87. The number of carboxylic acid groups (broad SMARTS) is 1. The molecule has 0 atom stereocenters. The van der Waals surface area contributed by atoms with E-state index in [2.05, 4.69) is 4.98 Å². The fourth-order valence-corrected chi connectivity index (χ4v) is 2.57. The molecule has 0 amide bonds. The number of hydrogen-bond donors (Lipinski definition) is 2. The summed E-state index contributed by atoms with van der Waals surface area (Å²) in [4.78, 5) is 36.3. The van der Waals surface area contributed by atoms with Crippen molar-refractivity contribution in [2.24, 2.45) is 11.8 Å². The Balaban J connectivity index is 2.09. The Morgan fingerprint density at radius 3 is 2.28 bits per heavy atom. The summed E-state index contributed by atoms with van der Waals surface area (Å²) in [6.45, 7) is 0. The van der Waals surface area contributed by atoms with E-state index in [0.717, 1.165) is 25.7 Å². The molecule has 2 aliphatic rings. The van der Waals surface area contributed by atoms with Crippen molar-refractivity contribution in [2.45, 2.75) is 31.7 Å². The molecule has 3 rings (SSSR count). The van der Waals surface area contributed by atoms with Crippen LogP contribution in [0.3, 0.4) is 0 Å². The van der Waals surface area contributed by atoms with E-state index in [9.17, 15) is 14.4 Å². The van der Waals surface area contributed by atoms with Crippen LogP contribution in [0.2, 0.25) is 0 Å². The summed E-state index contributed by atoms with van der Waals surface area (Å²) in [5.41, 5.74) is -1.68. The molecule has 2 N–H and O–H groups in total. The van der Waals surface area contributed by atoms with Gasteiger partial charge in [0.05, 0.1) is 0 Å². The van der Waals surface area contributed by atoms with Crippen molar-refractivity contribution in [1.82, 2.24) is 9.55 Å². The molecule has 0 saturated heterocycles. The molecule has 96 valence electrons. The Labute approximate surface area is 102 Å². The van der Waals surface area contributed by atoms with Gasteiger partial charge in [-0.2, -0.15) is 0 Å². The van der Waals surface area contributed by atoms with Gasteiger partial charge in [-0.1, -0.05) is 0 Å². The maximum atomic E-state index is 11.8. The van der Waals surface area contributed by atoms with E-state index in [0.29, 0.717) is 11.8 Å². The first kappa shape index (κ1) is 11.3. The number of H-pyrrole nitrogens is 1. The van der Waals surface area contributed by atoms with Gasteiger partial charge in [0.15, 0.2) is 0 Å². The van der Waals surface area contributed by atoms with Crippen LogP contribution >= 0.6 is 0 Å². The predicted molar refractivity (Wildman–Crippen MR) is 62.8 cm³/mol. The van der Waals surface area contributed by atoms with Gasteiger partial charge in [0.25, 0.3) is 5.56 Å². The standard InChI is InChI=1S/C12H14N2O4/c15-10-8(11(16)17)5-14(12(18)13-10)9(6-1-2-6)7-3-4-7/h5-7,9H,1-4H2,(H,16,17)(H,13,15,18). The second-order valence-corrected chi connectivity index (χ2v) is 5.18. The van der Waals surface area contributed by atoms with Gasteiger partial charge < -0.3 is 5.11 Å². The first-order valence-corrected chi connectivity index (χ1v) is 6.16. The zero-order chi connectivity index (χ0) is 12.9. The van der Waals surface area contributed by atoms with Crippen LogP contribution in [0.4, 0.5) is 0 Å². The molecule has 18 heavy (non-hydrogen) atoms. The van der Waals surface area contributed by atoms with Crippen LogP contribution < -0.4 is 11.2 Å². The van der Waals surface area contributed by atoms with Crippen molar-refractivity contribution in [3.63, 3.8) is 0 Å². The minimum absolute atomic E-state index is 0.0625. The molecule has 1 aromatic rings. The summed E-state index contributed by atoms with van der Waals surface area (Å²) >= 11 is 0. The molecule has 2 fully saturated rings. The molecule has 2 saturated carbocycles. The van der Waals surface area contributed by atoms with Crippen molar-refractivity contribution in [1.29, 1.82) is 0 Å². The normalized spacial score (nSPS) is 19.2. The van der Waals surface area contributed by atoms with E-state index in [1.807, 2.05) is 0 Å². The lowest BCUT2D eigenvalue weighted by molar-refractivity contribution is 0.0693. The molecular formula is C12H14N2O4. The van der Waals surface area contributed by atoms with Crippen molar-refractivity contribution in [3.8, 4) is 0 Å². The van der Waals surface area contributed by atoms with Crippen LogP contribution in [0.15, 0.2) is 15.8 Å². The molecule has 1 aromatic heterocycles. The SMILES string of the molecule is O=C(O)c1cn(C(C2CC2)C2CC2)c(=O)[nH]c1=O. The third-order valence-electron chi connectivity index (χ3n) is 3.73. The molecule has 0 unspecified atom stereocenters. The molecular weight excluding hydrogens is 236 g/mol. The van der Waals surface area contributed by atoms with Gasteiger partial charge in [0.2, 0.25) is 0 Å². The summed E-state index contributed by atoms with van der Waals surface area (Å²) in [7, 11) is 0. The second kappa shape index (κ2) is 3.83. The Morgan fingerprint density at radius 2 is 1.83 bits per heavy atom. The van der Waals surface area contributed by atoms with Crippen molar-refractivity contribution in [3.05, 3.63) is 32.6 Å². The fourth-order valence-electron chi connectivity index (χ4n) is 2.57. The molecule has 0 aromatic carbocycles. The highest BCUT2D eigenvalue weighted by atomic mass is 16.4.